The smallest absolute Gasteiger partial charge is 0.207 e. The zero-order valence-electron chi connectivity index (χ0n) is 10.8. The van der Waals surface area contributed by atoms with Gasteiger partial charge in [0.25, 0.3) is 0 Å². The van der Waals surface area contributed by atoms with Crippen molar-refractivity contribution in [2.45, 2.75) is 13.3 Å². The largest absolute Gasteiger partial charge is 0.494 e. The molecule has 5 heteroatoms. The van der Waals surface area contributed by atoms with Crippen LogP contribution in [0.5, 0.6) is 5.75 Å². The molecule has 1 aromatic carbocycles. The molecule has 0 radical (unpaired) electrons. The van der Waals surface area contributed by atoms with Crippen LogP contribution in [0.2, 0.25) is 0 Å². The van der Waals surface area contributed by atoms with Crippen molar-refractivity contribution in [1.29, 1.82) is 0 Å². The minimum absolute atomic E-state index is 0.625. The van der Waals surface area contributed by atoms with Gasteiger partial charge in [0.05, 0.1) is 17.3 Å². The van der Waals surface area contributed by atoms with E-state index in [4.69, 9.17) is 4.74 Å². The number of benzene rings is 1. The number of hydrogen-bond donors (Lipinski definition) is 1. The van der Waals surface area contributed by atoms with Crippen LogP contribution in [0.25, 0.3) is 11.3 Å². The standard InChI is InChI=1S/C14H16N2O2S/c1-2-18-12-5-3-11(4-6-12)13-9-19-14(16-13)7-8-15-10-17/h3-6,9-10H,2,7-8H2,1H3,(H,15,17). The van der Waals surface area contributed by atoms with Gasteiger partial charge in [-0.25, -0.2) is 4.98 Å². The van der Waals surface area contributed by atoms with Crippen LogP contribution in [-0.4, -0.2) is 24.5 Å². The minimum atomic E-state index is 0.625. The molecule has 1 N–H and O–H groups in total. The lowest BCUT2D eigenvalue weighted by Gasteiger charge is -2.03. The molecule has 1 amide bonds. The highest BCUT2D eigenvalue weighted by molar-refractivity contribution is 7.09. The second-order valence-electron chi connectivity index (χ2n) is 3.91. The Bertz CT molecular complexity index is 522. The highest BCUT2D eigenvalue weighted by Gasteiger charge is 2.04. The molecule has 0 bridgehead atoms. The molecule has 2 rings (SSSR count). The van der Waals surface area contributed by atoms with E-state index in [9.17, 15) is 4.79 Å². The lowest BCUT2D eigenvalue weighted by molar-refractivity contribution is -0.109. The molecule has 0 atom stereocenters. The zero-order valence-corrected chi connectivity index (χ0v) is 11.6. The third-order valence-corrected chi connectivity index (χ3v) is 3.49. The maximum Gasteiger partial charge on any atom is 0.207 e. The van der Waals surface area contributed by atoms with Crippen molar-refractivity contribution in [2.24, 2.45) is 0 Å². The van der Waals surface area contributed by atoms with Gasteiger partial charge in [0.2, 0.25) is 6.41 Å². The van der Waals surface area contributed by atoms with E-state index in [2.05, 4.69) is 10.3 Å². The number of carbonyl (C=O) groups is 1. The first kappa shape index (κ1) is 13.5. The second kappa shape index (κ2) is 6.89. The summed E-state index contributed by atoms with van der Waals surface area (Å²) in [5, 5.41) is 5.70. The highest BCUT2D eigenvalue weighted by atomic mass is 32.1. The van der Waals surface area contributed by atoms with Crippen molar-refractivity contribution < 1.29 is 9.53 Å². The maximum atomic E-state index is 10.2. The third kappa shape index (κ3) is 3.79. The molecule has 100 valence electrons. The van der Waals surface area contributed by atoms with Crippen LogP contribution < -0.4 is 10.1 Å². The summed E-state index contributed by atoms with van der Waals surface area (Å²) in [7, 11) is 0. The van der Waals surface area contributed by atoms with Crippen LogP contribution in [0, 0.1) is 0 Å². The van der Waals surface area contributed by atoms with Gasteiger partial charge >= 0.3 is 0 Å². The Morgan fingerprint density at radius 3 is 2.84 bits per heavy atom. The minimum Gasteiger partial charge on any atom is -0.494 e. The van der Waals surface area contributed by atoms with Gasteiger partial charge in [0.15, 0.2) is 0 Å². The quantitative estimate of drug-likeness (QED) is 0.624. The average molecular weight is 276 g/mol. The second-order valence-corrected chi connectivity index (χ2v) is 4.85. The van der Waals surface area contributed by atoms with Gasteiger partial charge in [-0.2, -0.15) is 0 Å². The Morgan fingerprint density at radius 1 is 1.37 bits per heavy atom. The zero-order chi connectivity index (χ0) is 13.5. The Labute approximate surface area is 116 Å². The fraction of sp³-hybridized carbons (Fsp3) is 0.286. The van der Waals surface area contributed by atoms with Crippen LogP contribution in [-0.2, 0) is 11.2 Å². The van der Waals surface area contributed by atoms with Crippen molar-refractivity contribution in [3.8, 4) is 17.0 Å². The summed E-state index contributed by atoms with van der Waals surface area (Å²) in [6, 6.07) is 7.92. The number of amides is 1. The fourth-order valence-electron chi connectivity index (χ4n) is 1.68. The summed E-state index contributed by atoms with van der Waals surface area (Å²) in [6.45, 7) is 3.26. The molecule has 1 aromatic heterocycles. The Kier molecular flexibility index (Phi) is 4.92. The van der Waals surface area contributed by atoms with Gasteiger partial charge in [-0.3, -0.25) is 4.79 Å². The summed E-state index contributed by atoms with van der Waals surface area (Å²) >= 11 is 1.61. The van der Waals surface area contributed by atoms with Crippen LogP contribution in [0.15, 0.2) is 29.6 Å². The van der Waals surface area contributed by atoms with Gasteiger partial charge in [-0.1, -0.05) is 0 Å². The SMILES string of the molecule is CCOc1ccc(-c2csc(CCNC=O)n2)cc1. The van der Waals surface area contributed by atoms with Crippen LogP contribution in [0.3, 0.4) is 0 Å². The predicted molar refractivity (Wildman–Crippen MR) is 76.5 cm³/mol. The van der Waals surface area contributed by atoms with E-state index < -0.39 is 0 Å². The highest BCUT2D eigenvalue weighted by Crippen LogP contribution is 2.24. The number of rotatable bonds is 7. The van der Waals surface area contributed by atoms with E-state index in [1.807, 2.05) is 36.6 Å². The molecular weight excluding hydrogens is 260 g/mol. The first-order valence-electron chi connectivity index (χ1n) is 6.18. The van der Waals surface area contributed by atoms with Crippen molar-refractivity contribution in [2.75, 3.05) is 13.2 Å². The molecule has 0 spiro atoms. The molecule has 1 heterocycles. The lowest BCUT2D eigenvalue weighted by Crippen LogP contribution is -2.14. The van der Waals surface area contributed by atoms with Crippen molar-refractivity contribution >= 4 is 17.7 Å². The van der Waals surface area contributed by atoms with Gasteiger partial charge in [0, 0.05) is 23.9 Å². The predicted octanol–water partition coefficient (Wildman–Crippen LogP) is 2.50. The summed E-state index contributed by atoms with van der Waals surface area (Å²) in [5.74, 6) is 0.872. The first-order chi connectivity index (χ1) is 9.33. The molecule has 4 nitrogen and oxygen atoms in total. The normalized spacial score (nSPS) is 10.2. The lowest BCUT2D eigenvalue weighted by atomic mass is 10.2. The molecule has 0 saturated heterocycles. The summed E-state index contributed by atoms with van der Waals surface area (Å²) < 4.78 is 5.41. The summed E-state index contributed by atoms with van der Waals surface area (Å²) in [4.78, 5) is 14.7. The first-order valence-corrected chi connectivity index (χ1v) is 7.06. The molecule has 0 fully saturated rings. The Hall–Kier alpha value is -1.88. The number of carbonyl (C=O) groups excluding carboxylic acids is 1. The van der Waals surface area contributed by atoms with Crippen LogP contribution in [0.4, 0.5) is 0 Å². The Balaban J connectivity index is 2.02. The molecule has 0 aliphatic rings. The fourth-order valence-corrected chi connectivity index (χ4v) is 2.49. The number of hydrogen-bond acceptors (Lipinski definition) is 4. The van der Waals surface area contributed by atoms with Crippen LogP contribution >= 0.6 is 11.3 Å². The maximum absolute atomic E-state index is 10.2. The van der Waals surface area contributed by atoms with E-state index in [1.165, 1.54) is 0 Å². The van der Waals surface area contributed by atoms with Gasteiger partial charge < -0.3 is 10.1 Å². The molecule has 0 saturated carbocycles. The molecule has 0 aliphatic heterocycles. The van der Waals surface area contributed by atoms with Crippen LogP contribution in [0.1, 0.15) is 11.9 Å². The van der Waals surface area contributed by atoms with Crippen molar-refractivity contribution in [3.05, 3.63) is 34.7 Å². The Morgan fingerprint density at radius 2 is 2.16 bits per heavy atom. The van der Waals surface area contributed by atoms with Gasteiger partial charge in [0.1, 0.15) is 5.75 Å². The van der Waals surface area contributed by atoms with E-state index >= 15 is 0 Å². The molecule has 19 heavy (non-hydrogen) atoms. The number of nitrogens with zero attached hydrogens (tertiary/aromatic N) is 1. The number of aromatic nitrogens is 1. The van der Waals surface area contributed by atoms with Crippen molar-refractivity contribution in [3.63, 3.8) is 0 Å². The molecular formula is C14H16N2O2S. The van der Waals surface area contributed by atoms with E-state index in [0.29, 0.717) is 19.6 Å². The third-order valence-electron chi connectivity index (χ3n) is 2.58. The van der Waals surface area contributed by atoms with E-state index in [1.54, 1.807) is 11.3 Å². The summed E-state index contributed by atoms with van der Waals surface area (Å²) in [6.07, 6.45) is 1.47. The molecule has 0 aliphatic carbocycles. The summed E-state index contributed by atoms with van der Waals surface area (Å²) in [5.41, 5.74) is 2.04. The van der Waals surface area contributed by atoms with Gasteiger partial charge in [-0.05, 0) is 31.2 Å². The van der Waals surface area contributed by atoms with Crippen molar-refractivity contribution in [1.82, 2.24) is 10.3 Å². The monoisotopic (exact) mass is 276 g/mol. The van der Waals surface area contributed by atoms with Gasteiger partial charge in [-0.15, -0.1) is 11.3 Å². The molecule has 0 unspecified atom stereocenters. The topological polar surface area (TPSA) is 51.2 Å². The number of ether oxygens (including phenoxy) is 1. The average Bonchev–Trinajstić information content (AvgIpc) is 2.89. The number of thiazole rings is 1. The van der Waals surface area contributed by atoms with E-state index in [-0.39, 0.29) is 0 Å². The van der Waals surface area contributed by atoms with E-state index in [0.717, 1.165) is 28.4 Å². The number of nitrogens with one attached hydrogen (secondary N) is 1. The molecule has 2 aromatic rings.